The van der Waals surface area contributed by atoms with Crippen LogP contribution in [-0.4, -0.2) is 66.3 Å². The first-order valence-corrected chi connectivity index (χ1v) is 10.5. The van der Waals surface area contributed by atoms with Gasteiger partial charge in [0.1, 0.15) is 30.5 Å². The lowest BCUT2D eigenvalue weighted by Crippen LogP contribution is -2.73. The number of quaternary nitrogens is 1. The zero-order valence-corrected chi connectivity index (χ0v) is 18.9. The summed E-state index contributed by atoms with van der Waals surface area (Å²) in [6, 6.07) is 5.85. The van der Waals surface area contributed by atoms with Crippen molar-refractivity contribution in [1.82, 2.24) is 10.3 Å². The summed E-state index contributed by atoms with van der Waals surface area (Å²) in [6.45, 7) is 5.05. The van der Waals surface area contributed by atoms with E-state index in [4.69, 9.17) is 15.2 Å². The van der Waals surface area contributed by atoms with Crippen LogP contribution in [-0.2, 0) is 14.3 Å². The number of ether oxygens (including phenoxy) is 2. The first kappa shape index (κ1) is 23.8. The van der Waals surface area contributed by atoms with Gasteiger partial charge in [-0.3, -0.25) is 14.9 Å². The van der Waals surface area contributed by atoms with Crippen molar-refractivity contribution in [2.24, 2.45) is 11.7 Å². The summed E-state index contributed by atoms with van der Waals surface area (Å²) >= 11 is 0. The van der Waals surface area contributed by atoms with Crippen molar-refractivity contribution < 1.29 is 28.6 Å². The smallest absolute Gasteiger partial charge is 0.324 e. The van der Waals surface area contributed by atoms with Crippen LogP contribution in [0, 0.1) is 11.1 Å². The second-order valence-corrected chi connectivity index (χ2v) is 8.97. The molecule has 3 unspecified atom stereocenters. The van der Waals surface area contributed by atoms with E-state index in [2.05, 4.69) is 5.32 Å². The molecule has 2 heterocycles. The number of para-hydroxylation sites is 2. The van der Waals surface area contributed by atoms with Crippen molar-refractivity contribution in [2.75, 3.05) is 31.8 Å². The van der Waals surface area contributed by atoms with E-state index in [-0.39, 0.29) is 38.5 Å². The summed E-state index contributed by atoms with van der Waals surface area (Å²) in [5.41, 5.74) is 5.32. The van der Waals surface area contributed by atoms with Crippen LogP contribution in [0.5, 0.6) is 5.75 Å². The van der Waals surface area contributed by atoms with Crippen LogP contribution in [0.3, 0.4) is 0 Å². The number of carbonyl (C=O) groups excluding carboxylic acids is 3. The predicted octanol–water partition coefficient (Wildman–Crippen LogP) is 1.28. The number of fused-ring (bicyclic) bond motifs is 1. The number of amides is 3. The van der Waals surface area contributed by atoms with Gasteiger partial charge in [0.2, 0.25) is 0 Å². The SMILES string of the molecule is COc1ccccc1N(C(N)=O)C1CCC(=O)N2CNCC(C(=O)OC(C)(C)C)C[N+]12[O-]. The number of hydroxylamine groups is 2. The van der Waals surface area contributed by atoms with Crippen molar-refractivity contribution in [3.63, 3.8) is 0 Å². The lowest BCUT2D eigenvalue weighted by atomic mass is 10.1. The quantitative estimate of drug-likeness (QED) is 0.401. The van der Waals surface area contributed by atoms with E-state index in [0.717, 1.165) is 5.01 Å². The molecular weight excluding hydrogens is 418 g/mol. The molecule has 0 spiro atoms. The number of hydrogen-bond acceptors (Lipinski definition) is 7. The highest BCUT2D eigenvalue weighted by atomic mass is 16.6. The van der Waals surface area contributed by atoms with E-state index in [1.54, 1.807) is 45.0 Å². The van der Waals surface area contributed by atoms with Crippen LogP contribution in [0.1, 0.15) is 33.6 Å². The number of anilines is 1. The lowest BCUT2D eigenvalue weighted by molar-refractivity contribution is -1.00. The number of rotatable bonds is 4. The van der Waals surface area contributed by atoms with Gasteiger partial charge >= 0.3 is 12.0 Å². The summed E-state index contributed by atoms with van der Waals surface area (Å²) in [7, 11) is 1.45. The fourth-order valence-corrected chi connectivity index (χ4v) is 4.19. The molecule has 3 rings (SSSR count). The van der Waals surface area contributed by atoms with E-state index in [1.807, 2.05) is 0 Å². The van der Waals surface area contributed by atoms with Crippen molar-refractivity contribution in [3.05, 3.63) is 29.5 Å². The Bertz CT molecular complexity index is 888. The molecule has 1 aromatic carbocycles. The minimum absolute atomic E-state index is 0.0589. The van der Waals surface area contributed by atoms with Gasteiger partial charge in [-0.25, -0.2) is 14.4 Å². The van der Waals surface area contributed by atoms with Crippen molar-refractivity contribution in [2.45, 2.75) is 45.4 Å². The minimum atomic E-state index is -1.23. The highest BCUT2D eigenvalue weighted by Crippen LogP contribution is 2.38. The number of carbonyl (C=O) groups is 3. The maximum atomic E-state index is 14.4. The average molecular weight is 450 g/mol. The Hall–Kier alpha value is -2.89. The molecule has 176 valence electrons. The van der Waals surface area contributed by atoms with E-state index in [0.29, 0.717) is 11.4 Å². The second-order valence-electron chi connectivity index (χ2n) is 8.97. The number of hydrogen-bond donors (Lipinski definition) is 2. The van der Waals surface area contributed by atoms with Gasteiger partial charge in [-0.15, -0.1) is 0 Å². The average Bonchev–Trinajstić information content (AvgIpc) is 2.89. The summed E-state index contributed by atoms with van der Waals surface area (Å²) < 4.78 is 9.64. The number of benzene rings is 1. The van der Waals surface area contributed by atoms with Gasteiger partial charge in [-0.2, -0.15) is 5.01 Å². The maximum absolute atomic E-state index is 14.4. The van der Waals surface area contributed by atoms with E-state index in [1.165, 1.54) is 12.0 Å². The third-order valence-electron chi connectivity index (χ3n) is 5.53. The van der Waals surface area contributed by atoms with Crippen molar-refractivity contribution in [3.8, 4) is 5.75 Å². The topological polar surface area (TPSA) is 137 Å². The third kappa shape index (κ3) is 4.64. The standard InChI is InChI=1S/C21H31N5O6/c1-21(2,3)32-19(28)14-11-23-13-24-18(27)10-9-17(26(24,30)12-14)25(20(22)29)15-7-5-6-8-16(15)31-4/h5-8,14,17,23H,9-13H2,1-4H3,(H2,22,29). The van der Waals surface area contributed by atoms with Crippen LogP contribution in [0.2, 0.25) is 0 Å². The van der Waals surface area contributed by atoms with Crippen LogP contribution in [0.15, 0.2) is 24.3 Å². The Morgan fingerprint density at radius 1 is 1.31 bits per heavy atom. The molecule has 32 heavy (non-hydrogen) atoms. The number of methoxy groups -OCH3 is 1. The molecule has 0 aromatic heterocycles. The highest BCUT2D eigenvalue weighted by Gasteiger charge is 2.51. The van der Waals surface area contributed by atoms with Gasteiger partial charge in [-0.1, -0.05) is 12.1 Å². The number of nitrogens with one attached hydrogen (secondary N) is 1. The molecule has 2 aliphatic rings. The van der Waals surface area contributed by atoms with Crippen LogP contribution in [0.25, 0.3) is 0 Å². The zero-order chi connectivity index (χ0) is 23.7. The Kier molecular flexibility index (Phi) is 6.63. The van der Waals surface area contributed by atoms with E-state index in [9.17, 15) is 19.6 Å². The molecule has 1 aromatic rings. The van der Waals surface area contributed by atoms with Gasteiger partial charge in [0.15, 0.2) is 6.17 Å². The maximum Gasteiger partial charge on any atom is 0.324 e. The molecule has 0 bridgehead atoms. The number of urea groups is 1. The minimum Gasteiger partial charge on any atom is -0.604 e. The number of nitrogens with two attached hydrogens (primary N) is 1. The predicted molar refractivity (Wildman–Crippen MR) is 116 cm³/mol. The molecule has 2 fully saturated rings. The summed E-state index contributed by atoms with van der Waals surface area (Å²) in [6.07, 6.45) is -0.919. The third-order valence-corrected chi connectivity index (χ3v) is 5.53. The van der Waals surface area contributed by atoms with Gasteiger partial charge in [0.05, 0.1) is 12.8 Å². The summed E-state index contributed by atoms with van der Waals surface area (Å²) in [5, 5.41) is 18.5. The Labute approximate surface area is 187 Å². The Morgan fingerprint density at radius 2 is 2.00 bits per heavy atom. The lowest BCUT2D eigenvalue weighted by Gasteiger charge is -2.57. The summed E-state index contributed by atoms with van der Waals surface area (Å²) in [5.74, 6) is -1.37. The van der Waals surface area contributed by atoms with Crippen molar-refractivity contribution >= 4 is 23.6 Å². The van der Waals surface area contributed by atoms with Crippen LogP contribution < -0.4 is 20.7 Å². The van der Waals surface area contributed by atoms with Crippen molar-refractivity contribution in [1.29, 1.82) is 0 Å². The van der Waals surface area contributed by atoms with Gasteiger partial charge in [0.25, 0.3) is 5.91 Å². The fourth-order valence-electron chi connectivity index (χ4n) is 4.19. The van der Waals surface area contributed by atoms with Gasteiger partial charge in [-0.05, 0) is 32.9 Å². The second kappa shape index (κ2) is 8.93. The summed E-state index contributed by atoms with van der Waals surface area (Å²) in [4.78, 5) is 39.2. The number of esters is 1. The molecule has 0 saturated carbocycles. The molecule has 3 amide bonds. The van der Waals surface area contributed by atoms with Gasteiger partial charge in [0, 0.05) is 19.4 Å². The van der Waals surface area contributed by atoms with Crippen LogP contribution in [0.4, 0.5) is 10.5 Å². The van der Waals surface area contributed by atoms with Gasteiger partial charge < -0.3 is 20.4 Å². The molecule has 11 heteroatoms. The number of nitrogens with zero attached hydrogens (tertiary/aromatic N) is 3. The molecule has 11 nitrogen and oxygen atoms in total. The molecule has 2 aliphatic heterocycles. The normalized spacial score (nSPS) is 26.0. The van der Waals surface area contributed by atoms with Crippen LogP contribution >= 0.6 is 0 Å². The first-order chi connectivity index (χ1) is 15.0. The van der Waals surface area contributed by atoms with E-state index >= 15 is 0 Å². The Balaban J connectivity index is 2.04. The molecule has 3 atom stereocenters. The largest absolute Gasteiger partial charge is 0.604 e. The highest BCUT2D eigenvalue weighted by molar-refractivity contribution is 5.93. The van der Waals surface area contributed by atoms with E-state index < -0.39 is 34.4 Å². The number of primary amides is 1. The molecule has 0 aliphatic carbocycles. The molecule has 2 saturated heterocycles. The fraction of sp³-hybridized carbons (Fsp3) is 0.571. The monoisotopic (exact) mass is 449 g/mol. The Morgan fingerprint density at radius 3 is 2.62 bits per heavy atom. The molecular formula is C21H31N5O6. The molecule has 0 radical (unpaired) electrons. The first-order valence-electron chi connectivity index (χ1n) is 10.5. The molecule has 3 N–H and O–H groups in total. The zero-order valence-electron chi connectivity index (χ0n) is 18.9.